The first-order chi connectivity index (χ1) is 9.10. The van der Waals surface area contributed by atoms with Gasteiger partial charge in [-0.1, -0.05) is 12.1 Å². The van der Waals surface area contributed by atoms with E-state index >= 15 is 0 Å². The fourth-order valence-corrected chi connectivity index (χ4v) is 2.07. The summed E-state index contributed by atoms with van der Waals surface area (Å²) >= 11 is 0. The minimum atomic E-state index is -0.316. The molecule has 100 valence electrons. The van der Waals surface area contributed by atoms with E-state index in [0.717, 1.165) is 17.0 Å². The van der Waals surface area contributed by atoms with Crippen LogP contribution in [0.5, 0.6) is 5.75 Å². The van der Waals surface area contributed by atoms with Crippen molar-refractivity contribution in [2.24, 2.45) is 0 Å². The fraction of sp³-hybridized carbons (Fsp3) is 0.200. The molecule has 4 heteroatoms. The van der Waals surface area contributed by atoms with Gasteiger partial charge >= 0.3 is 0 Å². The Morgan fingerprint density at radius 2 is 1.95 bits per heavy atom. The van der Waals surface area contributed by atoms with Crippen molar-refractivity contribution in [3.05, 3.63) is 53.8 Å². The van der Waals surface area contributed by atoms with Gasteiger partial charge in [-0.2, -0.15) is 0 Å². The quantitative estimate of drug-likeness (QED) is 0.859. The zero-order valence-corrected chi connectivity index (χ0v) is 11.1. The fourth-order valence-electron chi connectivity index (χ4n) is 2.07. The molecule has 0 atom stereocenters. The lowest BCUT2D eigenvalue weighted by Gasteiger charge is -2.22. The summed E-state index contributed by atoms with van der Waals surface area (Å²) in [5.74, 6) is 0.470. The summed E-state index contributed by atoms with van der Waals surface area (Å²) in [4.78, 5) is 1.99. The molecule has 0 fully saturated rings. The molecule has 0 aliphatic carbocycles. The number of methoxy groups -OCH3 is 1. The van der Waals surface area contributed by atoms with Crippen molar-refractivity contribution in [1.29, 1.82) is 0 Å². The first kappa shape index (κ1) is 13.2. The molecule has 3 nitrogen and oxygen atoms in total. The molecule has 0 bridgehead atoms. The number of halogens is 1. The maximum absolute atomic E-state index is 13.3. The number of ether oxygens (including phenoxy) is 1. The van der Waals surface area contributed by atoms with Crippen LogP contribution in [-0.2, 0) is 6.54 Å². The smallest absolute Gasteiger partial charge is 0.142 e. The van der Waals surface area contributed by atoms with E-state index in [1.165, 1.54) is 12.1 Å². The maximum Gasteiger partial charge on any atom is 0.142 e. The second-order valence-electron chi connectivity index (χ2n) is 4.42. The van der Waals surface area contributed by atoms with Gasteiger partial charge in [0, 0.05) is 19.3 Å². The van der Waals surface area contributed by atoms with E-state index in [0.29, 0.717) is 12.2 Å². The van der Waals surface area contributed by atoms with E-state index in [1.54, 1.807) is 13.2 Å². The number of anilines is 2. The maximum atomic E-state index is 13.3. The Bertz CT molecular complexity index is 552. The molecule has 2 aromatic rings. The topological polar surface area (TPSA) is 38.5 Å². The van der Waals surface area contributed by atoms with Crippen molar-refractivity contribution in [2.75, 3.05) is 24.8 Å². The normalized spacial score (nSPS) is 10.3. The van der Waals surface area contributed by atoms with Crippen molar-refractivity contribution in [1.82, 2.24) is 0 Å². The highest BCUT2D eigenvalue weighted by Crippen LogP contribution is 2.28. The van der Waals surface area contributed by atoms with Crippen LogP contribution in [0.15, 0.2) is 42.5 Å². The van der Waals surface area contributed by atoms with Gasteiger partial charge in [-0.15, -0.1) is 0 Å². The van der Waals surface area contributed by atoms with Gasteiger partial charge < -0.3 is 15.4 Å². The van der Waals surface area contributed by atoms with Crippen LogP contribution >= 0.6 is 0 Å². The zero-order valence-electron chi connectivity index (χ0n) is 11.1. The highest BCUT2D eigenvalue weighted by atomic mass is 19.1. The molecule has 0 unspecified atom stereocenters. The van der Waals surface area contributed by atoms with Crippen LogP contribution < -0.4 is 15.4 Å². The molecule has 2 rings (SSSR count). The highest BCUT2D eigenvalue weighted by molar-refractivity contribution is 5.58. The first-order valence-corrected chi connectivity index (χ1v) is 5.99. The molecule has 0 radical (unpaired) electrons. The van der Waals surface area contributed by atoms with Crippen LogP contribution in [-0.4, -0.2) is 14.2 Å². The first-order valence-electron chi connectivity index (χ1n) is 5.99. The molecule has 0 heterocycles. The number of nitrogens with zero attached hydrogens (tertiary/aromatic N) is 1. The van der Waals surface area contributed by atoms with E-state index in [1.807, 2.05) is 36.2 Å². The van der Waals surface area contributed by atoms with Crippen LogP contribution in [0.1, 0.15) is 5.56 Å². The minimum absolute atomic E-state index is 0.316. The number of hydrogen-bond acceptors (Lipinski definition) is 3. The molecule has 0 saturated carbocycles. The lowest BCUT2D eigenvalue weighted by atomic mass is 10.1. The molecule has 2 aromatic carbocycles. The van der Waals surface area contributed by atoms with Gasteiger partial charge in [0.15, 0.2) is 0 Å². The number of benzene rings is 2. The third-order valence-corrected chi connectivity index (χ3v) is 2.90. The second kappa shape index (κ2) is 5.61. The van der Waals surface area contributed by atoms with Crippen molar-refractivity contribution in [3.8, 4) is 5.75 Å². The molecule has 19 heavy (non-hydrogen) atoms. The molecular formula is C15H17FN2O. The minimum Gasteiger partial charge on any atom is -0.495 e. The molecular weight excluding hydrogens is 243 g/mol. The number of rotatable bonds is 4. The molecule has 2 N–H and O–H groups in total. The summed E-state index contributed by atoms with van der Waals surface area (Å²) in [5, 5.41) is 0. The standard InChI is InChI=1S/C15H17FN2O/c1-18(14-5-3-4-6-15(14)19-2)10-11-7-12(16)9-13(17)8-11/h3-9H,10,17H2,1-2H3. The van der Waals surface area contributed by atoms with Crippen molar-refractivity contribution in [3.63, 3.8) is 0 Å². The average molecular weight is 260 g/mol. The lowest BCUT2D eigenvalue weighted by molar-refractivity contribution is 0.415. The largest absolute Gasteiger partial charge is 0.495 e. The van der Waals surface area contributed by atoms with Crippen molar-refractivity contribution < 1.29 is 9.13 Å². The summed E-state index contributed by atoms with van der Waals surface area (Å²) in [7, 11) is 3.56. The van der Waals surface area contributed by atoms with Crippen LogP contribution in [0.4, 0.5) is 15.8 Å². The van der Waals surface area contributed by atoms with Gasteiger partial charge in [0.25, 0.3) is 0 Å². The average Bonchev–Trinajstić information content (AvgIpc) is 2.37. The third-order valence-electron chi connectivity index (χ3n) is 2.90. The van der Waals surface area contributed by atoms with E-state index in [2.05, 4.69) is 0 Å². The molecule has 0 spiro atoms. The van der Waals surface area contributed by atoms with Gasteiger partial charge in [-0.05, 0) is 35.9 Å². The van der Waals surface area contributed by atoms with E-state index in [4.69, 9.17) is 10.5 Å². The van der Waals surface area contributed by atoms with Crippen LogP contribution in [0.3, 0.4) is 0 Å². The van der Waals surface area contributed by atoms with Crippen LogP contribution in [0.25, 0.3) is 0 Å². The predicted molar refractivity (Wildman–Crippen MR) is 75.9 cm³/mol. The van der Waals surface area contributed by atoms with Gasteiger partial charge in [0.1, 0.15) is 11.6 Å². The Morgan fingerprint density at radius 1 is 1.21 bits per heavy atom. The second-order valence-corrected chi connectivity index (χ2v) is 4.42. The number of hydrogen-bond donors (Lipinski definition) is 1. The Kier molecular flexibility index (Phi) is 3.90. The number of para-hydroxylation sites is 2. The monoisotopic (exact) mass is 260 g/mol. The van der Waals surface area contributed by atoms with Gasteiger partial charge in [-0.3, -0.25) is 0 Å². The summed E-state index contributed by atoms with van der Waals surface area (Å²) in [6.07, 6.45) is 0. The Balaban J connectivity index is 2.22. The SMILES string of the molecule is COc1ccccc1N(C)Cc1cc(N)cc(F)c1. The summed E-state index contributed by atoms with van der Waals surface area (Å²) in [6.45, 7) is 0.558. The summed E-state index contributed by atoms with van der Waals surface area (Å²) < 4.78 is 18.6. The zero-order chi connectivity index (χ0) is 13.8. The lowest BCUT2D eigenvalue weighted by Crippen LogP contribution is -2.17. The molecule has 0 amide bonds. The van der Waals surface area contributed by atoms with Gasteiger partial charge in [-0.25, -0.2) is 4.39 Å². The van der Waals surface area contributed by atoms with E-state index in [-0.39, 0.29) is 5.82 Å². The number of nitrogens with two attached hydrogens (primary N) is 1. The molecule has 0 aromatic heterocycles. The Labute approximate surface area is 112 Å². The number of nitrogen functional groups attached to an aromatic ring is 1. The highest BCUT2D eigenvalue weighted by Gasteiger charge is 2.08. The van der Waals surface area contributed by atoms with Crippen LogP contribution in [0.2, 0.25) is 0 Å². The molecule has 0 aliphatic heterocycles. The van der Waals surface area contributed by atoms with Crippen molar-refractivity contribution >= 4 is 11.4 Å². The Hall–Kier alpha value is -2.23. The van der Waals surface area contributed by atoms with E-state index in [9.17, 15) is 4.39 Å². The van der Waals surface area contributed by atoms with Crippen LogP contribution in [0, 0.1) is 5.82 Å². The van der Waals surface area contributed by atoms with E-state index < -0.39 is 0 Å². The summed E-state index contributed by atoms with van der Waals surface area (Å²) in [6, 6.07) is 12.3. The third kappa shape index (κ3) is 3.16. The Morgan fingerprint density at radius 3 is 2.63 bits per heavy atom. The van der Waals surface area contributed by atoms with Crippen molar-refractivity contribution in [2.45, 2.75) is 6.54 Å². The van der Waals surface area contributed by atoms with Gasteiger partial charge in [0.2, 0.25) is 0 Å². The molecule has 0 saturated heterocycles. The molecule has 0 aliphatic rings. The summed E-state index contributed by atoms with van der Waals surface area (Å²) in [5.41, 5.74) is 7.86. The van der Waals surface area contributed by atoms with Gasteiger partial charge in [0.05, 0.1) is 12.8 Å². The predicted octanol–water partition coefficient (Wildman–Crippen LogP) is 3.05.